The summed E-state index contributed by atoms with van der Waals surface area (Å²) < 4.78 is 21.4. The number of aromatic hydroxyl groups is 1. The number of phenolic OH excluding ortho intramolecular Hbond substituents is 1. The second-order valence-electron chi connectivity index (χ2n) is 22.2. The van der Waals surface area contributed by atoms with Gasteiger partial charge in [-0.05, 0) is 111 Å². The van der Waals surface area contributed by atoms with E-state index in [4.69, 9.17) is 9.97 Å². The summed E-state index contributed by atoms with van der Waals surface area (Å²) in [6, 6.07) is 100. The second-order valence-corrected chi connectivity index (χ2v) is 22.2. The second kappa shape index (κ2) is 24.0. The summed E-state index contributed by atoms with van der Waals surface area (Å²) in [5.74, 6) is 0.577. The van der Waals surface area contributed by atoms with E-state index in [0.717, 1.165) is 109 Å². The Morgan fingerprint density at radius 2 is 1.00 bits per heavy atom. The van der Waals surface area contributed by atoms with Crippen molar-refractivity contribution in [3.8, 4) is 101 Å². The minimum atomic E-state index is -1.53. The van der Waals surface area contributed by atoms with Gasteiger partial charge in [-0.1, -0.05) is 279 Å². The van der Waals surface area contributed by atoms with Crippen molar-refractivity contribution in [2.24, 2.45) is 5.92 Å². The van der Waals surface area contributed by atoms with Gasteiger partial charge in [-0.3, -0.25) is 9.55 Å². The number of phenols is 1. The molecular weight excluding hydrogens is 1210 g/mol. The maximum absolute atomic E-state index is 13.0. The Morgan fingerprint density at radius 3 is 1.67 bits per heavy atom. The van der Waals surface area contributed by atoms with E-state index in [1.165, 1.54) is 16.7 Å². The van der Waals surface area contributed by atoms with Crippen LogP contribution in [0.1, 0.15) is 57.6 Å². The van der Waals surface area contributed by atoms with Crippen LogP contribution >= 0.6 is 0 Å². The standard InChI is InChI=1S/C80H62N3O.Pt/c1-80(65-31-13-5-14-32-65,66-33-15-6-16-34-66)67-44-42-58(43-45-67)61-47-48-81-74(54-61)64-52-62(57-25-7-2-8-26-57)51-63(53-64)69-37-22-40-76-77(69)82-79(72-39-21-38-71(78(72)84)70-36-20-19-35-68(70)59-27-9-3-10-28-59)83(76)75-46-41-56(49-55-23-17-18-24-55)50-73(75)60-29-11-4-12-30-60;/h2-16,19-22,25-48,50-52,54-55,84H,17-18,23-24,49H2,1H3;/q-1;/i49D2;. The van der Waals surface area contributed by atoms with Crippen LogP contribution in [0.2, 0.25) is 0 Å². The van der Waals surface area contributed by atoms with Crippen LogP contribution in [0.3, 0.4) is 0 Å². The van der Waals surface area contributed by atoms with Gasteiger partial charge in [-0.2, -0.15) is 0 Å². The van der Waals surface area contributed by atoms with E-state index in [1.54, 1.807) is 0 Å². The van der Waals surface area contributed by atoms with E-state index in [-0.39, 0.29) is 38.1 Å². The van der Waals surface area contributed by atoms with E-state index in [9.17, 15) is 7.85 Å². The summed E-state index contributed by atoms with van der Waals surface area (Å²) in [7, 11) is 0. The molecule has 0 saturated heterocycles. The van der Waals surface area contributed by atoms with E-state index in [1.807, 2.05) is 85.1 Å². The molecular formula is C80H62N3OPt-. The summed E-state index contributed by atoms with van der Waals surface area (Å²) >= 11 is 0. The number of imidazole rings is 1. The molecule has 0 radical (unpaired) electrons. The Labute approximate surface area is 516 Å². The summed E-state index contributed by atoms with van der Waals surface area (Å²) in [5.41, 5.74) is 19.8. The van der Waals surface area contributed by atoms with Crippen molar-refractivity contribution in [3.63, 3.8) is 0 Å². The van der Waals surface area contributed by atoms with Crippen LogP contribution < -0.4 is 0 Å². The molecule has 4 nitrogen and oxygen atoms in total. The minimum Gasteiger partial charge on any atom is -0.507 e. The van der Waals surface area contributed by atoms with Crippen molar-refractivity contribution in [3.05, 3.63) is 314 Å². The third-order valence-electron chi connectivity index (χ3n) is 17.1. The molecule has 2 heterocycles. The number of para-hydroxylation sites is 2. The van der Waals surface area contributed by atoms with Crippen LogP contribution in [0, 0.1) is 12.0 Å². The molecule has 0 amide bonds. The van der Waals surface area contributed by atoms with Crippen molar-refractivity contribution < 1.29 is 28.9 Å². The Bertz CT molecular complexity index is 4530. The van der Waals surface area contributed by atoms with Gasteiger partial charge in [0.2, 0.25) is 0 Å². The van der Waals surface area contributed by atoms with Crippen LogP contribution in [0.25, 0.3) is 106 Å². The quantitative estimate of drug-likeness (QED) is 0.0872. The maximum atomic E-state index is 13.0. The van der Waals surface area contributed by atoms with Crippen LogP contribution in [-0.4, -0.2) is 19.6 Å². The normalized spacial score (nSPS) is 13.0. The summed E-state index contributed by atoms with van der Waals surface area (Å²) in [6.07, 6.45) is 4.16. The molecule has 11 aromatic carbocycles. The molecule has 414 valence electrons. The Morgan fingerprint density at radius 1 is 0.471 bits per heavy atom. The predicted molar refractivity (Wildman–Crippen MR) is 347 cm³/mol. The van der Waals surface area contributed by atoms with Crippen LogP contribution in [0.15, 0.2) is 285 Å². The third kappa shape index (κ3) is 10.7. The number of rotatable bonds is 14. The maximum Gasteiger partial charge on any atom is 0.148 e. The molecule has 2 aromatic heterocycles. The molecule has 1 aliphatic carbocycles. The van der Waals surface area contributed by atoms with Gasteiger partial charge in [0.25, 0.3) is 0 Å². The largest absolute Gasteiger partial charge is 0.507 e. The van der Waals surface area contributed by atoms with E-state index >= 15 is 0 Å². The number of aromatic nitrogens is 3. The number of hydrogen-bond donors (Lipinski definition) is 1. The number of pyridine rings is 1. The van der Waals surface area contributed by atoms with Gasteiger partial charge in [0.05, 0.1) is 22.3 Å². The molecule has 85 heavy (non-hydrogen) atoms. The van der Waals surface area contributed by atoms with Crippen LogP contribution in [0.4, 0.5) is 0 Å². The number of nitrogens with zero attached hydrogens (tertiary/aromatic N) is 3. The zero-order valence-corrected chi connectivity index (χ0v) is 49.4. The first-order chi connectivity index (χ1) is 42.2. The Kier molecular flexibility index (Phi) is 14.8. The van der Waals surface area contributed by atoms with Crippen molar-refractivity contribution in [2.45, 2.75) is 44.4 Å². The molecule has 13 aromatic rings. The molecule has 5 heteroatoms. The molecule has 14 rings (SSSR count). The zero-order chi connectivity index (χ0) is 58.2. The SMILES string of the molecule is [2H]C([2H])(c1ccc(-n2c(-c3cccc(-c4ccccc4-c4ccccc4)c3O)nc3c(-c4[c-]c(-c5cc(-c6ccc(C(C)(c7ccccc7)c7ccccc7)cc6)ccn5)cc(-c5ccccc5)c4)cccc32)c(-c2ccccc2)c1)C1CCCC1.[Pt]. The fourth-order valence-electron chi connectivity index (χ4n) is 12.7. The molecule has 0 atom stereocenters. The minimum absolute atomic E-state index is 0. The van der Waals surface area contributed by atoms with Gasteiger partial charge in [0.15, 0.2) is 0 Å². The van der Waals surface area contributed by atoms with Gasteiger partial charge in [-0.15, -0.1) is 23.8 Å². The van der Waals surface area contributed by atoms with Gasteiger partial charge in [0, 0.05) is 52.2 Å². The van der Waals surface area contributed by atoms with Crippen molar-refractivity contribution in [2.75, 3.05) is 0 Å². The number of hydrogen-bond acceptors (Lipinski definition) is 3. The van der Waals surface area contributed by atoms with Crippen LogP contribution in [0.5, 0.6) is 5.75 Å². The van der Waals surface area contributed by atoms with Gasteiger partial charge < -0.3 is 5.11 Å². The van der Waals surface area contributed by atoms with Crippen molar-refractivity contribution in [1.82, 2.24) is 14.5 Å². The molecule has 1 aliphatic rings. The molecule has 1 fully saturated rings. The Balaban J connectivity index is 0.00000700. The first-order valence-electron chi connectivity index (χ1n) is 30.2. The summed E-state index contributed by atoms with van der Waals surface area (Å²) in [4.78, 5) is 10.7. The number of benzene rings is 11. The predicted octanol–water partition coefficient (Wildman–Crippen LogP) is 20.3. The topological polar surface area (TPSA) is 50.9 Å². The van der Waals surface area contributed by atoms with Crippen LogP contribution in [-0.2, 0) is 32.9 Å². The molecule has 1 N–H and O–H groups in total. The first kappa shape index (κ1) is 52.3. The van der Waals surface area contributed by atoms with Gasteiger partial charge in [-0.25, -0.2) is 4.98 Å². The fraction of sp³-hybridized carbons (Fsp3) is 0.100. The van der Waals surface area contributed by atoms with Gasteiger partial charge >= 0.3 is 0 Å². The molecule has 0 aliphatic heterocycles. The van der Waals surface area contributed by atoms with Crippen molar-refractivity contribution in [1.29, 1.82) is 0 Å². The molecule has 0 bridgehead atoms. The average Bonchev–Trinajstić information content (AvgIpc) is 1.73. The average molecular weight is 1280 g/mol. The summed E-state index contributed by atoms with van der Waals surface area (Å²) in [6.45, 7) is 2.31. The third-order valence-corrected chi connectivity index (χ3v) is 17.1. The van der Waals surface area contributed by atoms with E-state index < -0.39 is 6.37 Å². The smallest absolute Gasteiger partial charge is 0.148 e. The number of fused-ring (bicyclic) bond motifs is 1. The summed E-state index contributed by atoms with van der Waals surface area (Å²) in [5, 5.41) is 13.0. The molecule has 1 saturated carbocycles. The molecule has 0 spiro atoms. The monoisotopic (exact) mass is 1280 g/mol. The Hall–Kier alpha value is -9.47. The fourth-order valence-corrected chi connectivity index (χ4v) is 12.7. The van der Waals surface area contributed by atoms with E-state index in [0.29, 0.717) is 28.0 Å². The van der Waals surface area contributed by atoms with Gasteiger partial charge in [0.1, 0.15) is 11.6 Å². The van der Waals surface area contributed by atoms with Crippen molar-refractivity contribution >= 4 is 11.0 Å². The molecule has 0 unspecified atom stereocenters. The van der Waals surface area contributed by atoms with E-state index in [2.05, 4.69) is 218 Å². The zero-order valence-electron chi connectivity index (χ0n) is 49.1. The first-order valence-corrected chi connectivity index (χ1v) is 29.2.